The fourth-order valence-electron chi connectivity index (χ4n) is 3.22. The van der Waals surface area contributed by atoms with E-state index in [1.54, 1.807) is 60.7 Å². The van der Waals surface area contributed by atoms with E-state index in [1.807, 2.05) is 18.2 Å². The topological polar surface area (TPSA) is 57.7 Å². The van der Waals surface area contributed by atoms with Crippen LogP contribution in [0, 0.1) is 0 Å². The predicted molar refractivity (Wildman–Crippen MR) is 107 cm³/mol. The Morgan fingerprint density at radius 2 is 1.36 bits per heavy atom. The van der Waals surface area contributed by atoms with E-state index < -0.39 is 17.7 Å². The summed E-state index contributed by atoms with van der Waals surface area (Å²) in [4.78, 5) is 40.8. The molecule has 3 amide bonds. The number of hydrogen-bond donors (Lipinski definition) is 0. The first-order chi connectivity index (χ1) is 13.6. The molecule has 28 heavy (non-hydrogen) atoms. The van der Waals surface area contributed by atoms with Gasteiger partial charge in [-0.1, -0.05) is 48.0 Å². The van der Waals surface area contributed by atoms with Crippen molar-refractivity contribution < 1.29 is 14.4 Å². The van der Waals surface area contributed by atoms with Crippen LogP contribution in [0.1, 0.15) is 20.7 Å². The standard InChI is InChI=1S/C22H15ClN2O3/c23-15-7-6-10-17(13-15)25(16-8-2-1-3-9-16)20(26)14-24-21(27)18-11-4-5-12-19(18)22(24)28/h1-13H,14H2. The lowest BCUT2D eigenvalue weighted by Gasteiger charge is -2.25. The Hall–Kier alpha value is -3.44. The summed E-state index contributed by atoms with van der Waals surface area (Å²) in [6.45, 7) is -0.367. The molecule has 5 nitrogen and oxygen atoms in total. The number of para-hydroxylation sites is 1. The molecule has 1 aliphatic rings. The van der Waals surface area contributed by atoms with Gasteiger partial charge in [0.25, 0.3) is 17.7 Å². The van der Waals surface area contributed by atoms with Gasteiger partial charge in [0.05, 0.1) is 16.8 Å². The van der Waals surface area contributed by atoms with E-state index in [1.165, 1.54) is 4.90 Å². The summed E-state index contributed by atoms with van der Waals surface area (Å²) in [7, 11) is 0. The number of nitrogens with zero attached hydrogens (tertiary/aromatic N) is 2. The van der Waals surface area contributed by atoms with Crippen LogP contribution in [-0.4, -0.2) is 29.2 Å². The zero-order chi connectivity index (χ0) is 19.7. The molecule has 0 aliphatic carbocycles. The molecule has 0 fully saturated rings. The summed E-state index contributed by atoms with van der Waals surface area (Å²) in [5.41, 5.74) is 1.80. The monoisotopic (exact) mass is 390 g/mol. The van der Waals surface area contributed by atoms with Gasteiger partial charge in [-0.3, -0.25) is 24.2 Å². The fraction of sp³-hybridized carbons (Fsp3) is 0.0455. The van der Waals surface area contributed by atoms with Crippen molar-refractivity contribution in [2.45, 2.75) is 0 Å². The molecule has 0 bridgehead atoms. The Morgan fingerprint density at radius 1 is 0.786 bits per heavy atom. The average molecular weight is 391 g/mol. The van der Waals surface area contributed by atoms with Crippen LogP contribution in [0.4, 0.5) is 11.4 Å². The summed E-state index contributed by atoms with van der Waals surface area (Å²) < 4.78 is 0. The number of carbonyl (C=O) groups is 3. The molecule has 0 atom stereocenters. The lowest BCUT2D eigenvalue weighted by Crippen LogP contribution is -2.41. The van der Waals surface area contributed by atoms with E-state index >= 15 is 0 Å². The summed E-state index contributed by atoms with van der Waals surface area (Å²) in [5.74, 6) is -1.34. The van der Waals surface area contributed by atoms with Crippen LogP contribution < -0.4 is 4.90 Å². The number of amides is 3. The van der Waals surface area contributed by atoms with Gasteiger partial charge < -0.3 is 0 Å². The number of anilines is 2. The summed E-state index contributed by atoms with van der Waals surface area (Å²) in [5, 5.41) is 0.479. The maximum absolute atomic E-state index is 13.2. The highest BCUT2D eigenvalue weighted by Crippen LogP contribution is 2.29. The zero-order valence-corrected chi connectivity index (χ0v) is 15.5. The van der Waals surface area contributed by atoms with Crippen LogP contribution >= 0.6 is 11.6 Å². The van der Waals surface area contributed by atoms with Crippen molar-refractivity contribution in [2.24, 2.45) is 0 Å². The molecule has 3 aromatic carbocycles. The van der Waals surface area contributed by atoms with Crippen molar-refractivity contribution in [1.29, 1.82) is 0 Å². The Kier molecular flexibility index (Phi) is 4.67. The minimum absolute atomic E-state index is 0.314. The van der Waals surface area contributed by atoms with Crippen molar-refractivity contribution in [3.63, 3.8) is 0 Å². The Morgan fingerprint density at radius 3 is 1.96 bits per heavy atom. The summed E-state index contributed by atoms with van der Waals surface area (Å²) in [6.07, 6.45) is 0. The molecule has 0 aromatic heterocycles. The zero-order valence-electron chi connectivity index (χ0n) is 14.7. The third-order valence-electron chi connectivity index (χ3n) is 4.50. The minimum atomic E-state index is -0.465. The molecule has 1 heterocycles. The number of halogens is 1. The third-order valence-corrected chi connectivity index (χ3v) is 4.74. The molecule has 1 aliphatic heterocycles. The second-order valence-corrected chi connectivity index (χ2v) is 6.72. The molecule has 138 valence electrons. The van der Waals surface area contributed by atoms with Crippen LogP contribution in [-0.2, 0) is 4.79 Å². The fourth-order valence-corrected chi connectivity index (χ4v) is 3.40. The van der Waals surface area contributed by atoms with E-state index in [2.05, 4.69) is 0 Å². The van der Waals surface area contributed by atoms with E-state index in [0.29, 0.717) is 27.5 Å². The van der Waals surface area contributed by atoms with Gasteiger partial charge >= 0.3 is 0 Å². The number of fused-ring (bicyclic) bond motifs is 1. The van der Waals surface area contributed by atoms with Gasteiger partial charge in [0.1, 0.15) is 6.54 Å². The van der Waals surface area contributed by atoms with Crippen LogP contribution in [0.15, 0.2) is 78.9 Å². The molecular formula is C22H15ClN2O3. The van der Waals surface area contributed by atoms with Crippen molar-refractivity contribution >= 4 is 40.7 Å². The first-order valence-corrected chi connectivity index (χ1v) is 9.03. The van der Waals surface area contributed by atoms with Crippen LogP contribution in [0.3, 0.4) is 0 Å². The second-order valence-electron chi connectivity index (χ2n) is 6.29. The molecule has 0 saturated heterocycles. The highest BCUT2D eigenvalue weighted by atomic mass is 35.5. The maximum atomic E-state index is 13.2. The van der Waals surface area contributed by atoms with Gasteiger partial charge in [-0.2, -0.15) is 0 Å². The highest BCUT2D eigenvalue weighted by molar-refractivity contribution is 6.31. The number of rotatable bonds is 4. The first kappa shape index (κ1) is 17.9. The summed E-state index contributed by atoms with van der Waals surface area (Å²) in [6, 6.07) is 22.4. The van der Waals surface area contributed by atoms with Crippen molar-refractivity contribution in [3.8, 4) is 0 Å². The van der Waals surface area contributed by atoms with Crippen molar-refractivity contribution in [1.82, 2.24) is 4.90 Å². The SMILES string of the molecule is O=C1c2ccccc2C(=O)N1CC(=O)N(c1ccccc1)c1cccc(Cl)c1. The molecule has 6 heteroatoms. The molecule has 0 saturated carbocycles. The van der Waals surface area contributed by atoms with Gasteiger partial charge in [0.2, 0.25) is 0 Å². The van der Waals surface area contributed by atoms with Gasteiger partial charge in [0, 0.05) is 10.7 Å². The van der Waals surface area contributed by atoms with E-state index in [4.69, 9.17) is 11.6 Å². The van der Waals surface area contributed by atoms with Crippen LogP contribution in [0.25, 0.3) is 0 Å². The largest absolute Gasteiger partial charge is 0.279 e. The molecule has 0 unspecified atom stereocenters. The minimum Gasteiger partial charge on any atom is -0.279 e. The molecular weight excluding hydrogens is 376 g/mol. The quantitative estimate of drug-likeness (QED) is 0.624. The molecule has 4 rings (SSSR count). The van der Waals surface area contributed by atoms with Gasteiger partial charge in [0.15, 0.2) is 0 Å². The number of benzene rings is 3. The Labute approximate surface area is 166 Å². The van der Waals surface area contributed by atoms with Gasteiger partial charge in [-0.15, -0.1) is 0 Å². The average Bonchev–Trinajstić information content (AvgIpc) is 2.94. The predicted octanol–water partition coefficient (Wildman–Crippen LogP) is 4.30. The maximum Gasteiger partial charge on any atom is 0.262 e. The van der Waals surface area contributed by atoms with Crippen LogP contribution in [0.5, 0.6) is 0 Å². The highest BCUT2D eigenvalue weighted by Gasteiger charge is 2.37. The van der Waals surface area contributed by atoms with E-state index in [0.717, 1.165) is 4.90 Å². The lowest BCUT2D eigenvalue weighted by molar-refractivity contribution is -0.118. The molecule has 0 spiro atoms. The third kappa shape index (κ3) is 3.17. The Balaban J connectivity index is 1.68. The molecule has 0 radical (unpaired) electrons. The second kappa shape index (κ2) is 7.29. The number of hydrogen-bond acceptors (Lipinski definition) is 3. The molecule has 3 aromatic rings. The molecule has 0 N–H and O–H groups in total. The number of imide groups is 1. The Bertz CT molecular complexity index is 1050. The van der Waals surface area contributed by atoms with Crippen molar-refractivity contribution in [2.75, 3.05) is 11.4 Å². The normalized spacial score (nSPS) is 12.8. The van der Waals surface area contributed by atoms with Gasteiger partial charge in [-0.25, -0.2) is 0 Å². The smallest absolute Gasteiger partial charge is 0.262 e. The van der Waals surface area contributed by atoms with Gasteiger partial charge in [-0.05, 0) is 42.5 Å². The summed E-state index contributed by atoms with van der Waals surface area (Å²) >= 11 is 6.10. The van der Waals surface area contributed by atoms with E-state index in [-0.39, 0.29) is 6.54 Å². The van der Waals surface area contributed by atoms with Crippen molar-refractivity contribution in [3.05, 3.63) is 95.0 Å². The van der Waals surface area contributed by atoms with Crippen LogP contribution in [0.2, 0.25) is 5.02 Å². The number of carbonyl (C=O) groups excluding carboxylic acids is 3. The van der Waals surface area contributed by atoms with E-state index in [9.17, 15) is 14.4 Å². The lowest BCUT2D eigenvalue weighted by atomic mass is 10.1. The first-order valence-electron chi connectivity index (χ1n) is 8.65.